The molecule has 0 spiro atoms. The fraction of sp³-hybridized carbons (Fsp3) is 0.227. The zero-order valence-corrected chi connectivity index (χ0v) is 16.9. The molecule has 0 fully saturated rings. The standard InChI is InChI=1S/C22H21N3O4.ClH/c1-2-9-24-21(23)15-3-5-16(6-4-15)22(28)25-18-7-8-19-17(12-18)10-14(13-29-19)11-20(26)27;/h1,3-8,12,14H,9-11,13H2,(H2,23,24)(H,25,28)(H,26,27);1H. The first-order valence-corrected chi connectivity index (χ1v) is 9.09. The van der Waals surface area contributed by atoms with Gasteiger partial charge in [-0.05, 0) is 42.3 Å². The normalized spacial score (nSPS) is 15.0. The number of amidine groups is 1. The summed E-state index contributed by atoms with van der Waals surface area (Å²) in [6.45, 7) is 0.578. The van der Waals surface area contributed by atoms with Gasteiger partial charge in [-0.3, -0.25) is 14.6 Å². The van der Waals surface area contributed by atoms with Gasteiger partial charge in [-0.1, -0.05) is 18.1 Å². The average molecular weight is 428 g/mol. The largest absolute Gasteiger partial charge is 0.493 e. The molecule has 7 nitrogen and oxygen atoms in total. The Kier molecular flexibility index (Phi) is 7.84. The van der Waals surface area contributed by atoms with Crippen molar-refractivity contribution in [3.05, 3.63) is 59.2 Å². The molecule has 1 heterocycles. The first kappa shape index (κ1) is 22.8. The molecule has 0 aromatic heterocycles. The third-order valence-corrected chi connectivity index (χ3v) is 4.55. The number of amides is 1. The number of carbonyl (C=O) groups is 2. The van der Waals surface area contributed by atoms with Crippen molar-refractivity contribution in [2.45, 2.75) is 12.8 Å². The molecule has 2 aromatic carbocycles. The Balaban J connectivity index is 0.00000320. The number of carboxylic acids is 1. The fourth-order valence-corrected chi connectivity index (χ4v) is 3.13. The van der Waals surface area contributed by atoms with E-state index >= 15 is 0 Å². The van der Waals surface area contributed by atoms with E-state index in [-0.39, 0.29) is 37.2 Å². The van der Waals surface area contributed by atoms with Gasteiger partial charge in [-0.25, -0.2) is 0 Å². The van der Waals surface area contributed by atoms with Crippen molar-refractivity contribution in [3.8, 4) is 18.1 Å². The van der Waals surface area contributed by atoms with Crippen LogP contribution in [0.3, 0.4) is 0 Å². The van der Waals surface area contributed by atoms with Crippen LogP contribution in [0.5, 0.6) is 5.75 Å². The highest BCUT2D eigenvalue weighted by Gasteiger charge is 2.22. The molecular formula is C22H22ClN3O4. The van der Waals surface area contributed by atoms with Gasteiger partial charge in [-0.2, -0.15) is 0 Å². The number of halogens is 1. The minimum absolute atomic E-state index is 0. The van der Waals surface area contributed by atoms with E-state index in [9.17, 15) is 9.59 Å². The van der Waals surface area contributed by atoms with E-state index in [0.29, 0.717) is 35.7 Å². The van der Waals surface area contributed by atoms with Crippen LogP contribution in [0.1, 0.15) is 27.9 Å². The van der Waals surface area contributed by atoms with Gasteiger partial charge in [0.15, 0.2) is 0 Å². The Hall–Kier alpha value is -3.50. The van der Waals surface area contributed by atoms with Crippen LogP contribution in [0.15, 0.2) is 47.5 Å². The summed E-state index contributed by atoms with van der Waals surface area (Å²) in [7, 11) is 0. The SMILES string of the molecule is C#CCN=C(N)c1ccc(C(=O)Nc2ccc3c(c2)CC(CC(=O)O)CO3)cc1.Cl. The van der Waals surface area contributed by atoms with Crippen molar-refractivity contribution in [2.24, 2.45) is 16.6 Å². The van der Waals surface area contributed by atoms with Crippen LogP contribution >= 0.6 is 12.4 Å². The predicted octanol–water partition coefficient (Wildman–Crippen LogP) is 2.73. The lowest BCUT2D eigenvalue weighted by Gasteiger charge is -2.24. The summed E-state index contributed by atoms with van der Waals surface area (Å²) in [6, 6.07) is 12.1. The van der Waals surface area contributed by atoms with Crippen LogP contribution in [0, 0.1) is 18.3 Å². The number of hydrogen-bond acceptors (Lipinski definition) is 4. The topological polar surface area (TPSA) is 114 Å². The van der Waals surface area contributed by atoms with Crippen LogP contribution in [0.4, 0.5) is 5.69 Å². The summed E-state index contributed by atoms with van der Waals surface area (Å²) in [5.41, 5.74) is 8.50. The predicted molar refractivity (Wildman–Crippen MR) is 117 cm³/mol. The number of aliphatic imine (C=N–C) groups is 1. The summed E-state index contributed by atoms with van der Waals surface area (Å²) >= 11 is 0. The Labute approximate surface area is 180 Å². The molecular weight excluding hydrogens is 406 g/mol. The van der Waals surface area contributed by atoms with Crippen molar-refractivity contribution in [2.75, 3.05) is 18.5 Å². The Bertz CT molecular complexity index is 996. The zero-order valence-electron chi connectivity index (χ0n) is 16.1. The third kappa shape index (κ3) is 5.75. The molecule has 1 aliphatic heterocycles. The molecule has 0 bridgehead atoms. The van der Waals surface area contributed by atoms with Gasteiger partial charge < -0.3 is 20.9 Å². The molecule has 30 heavy (non-hydrogen) atoms. The molecule has 0 aliphatic carbocycles. The lowest BCUT2D eigenvalue weighted by atomic mass is 9.94. The molecule has 0 radical (unpaired) electrons. The number of terminal acetylenes is 1. The summed E-state index contributed by atoms with van der Waals surface area (Å²) in [4.78, 5) is 27.5. The number of fused-ring (bicyclic) bond motifs is 1. The van der Waals surface area contributed by atoms with E-state index < -0.39 is 5.97 Å². The lowest BCUT2D eigenvalue weighted by Crippen LogP contribution is -2.23. The maximum atomic E-state index is 12.5. The molecule has 1 amide bonds. The number of hydrogen-bond donors (Lipinski definition) is 3. The van der Waals surface area contributed by atoms with Crippen molar-refractivity contribution in [1.82, 2.24) is 0 Å². The maximum Gasteiger partial charge on any atom is 0.303 e. The van der Waals surface area contributed by atoms with Gasteiger partial charge in [-0.15, -0.1) is 18.8 Å². The summed E-state index contributed by atoms with van der Waals surface area (Å²) < 4.78 is 5.63. The van der Waals surface area contributed by atoms with Crippen LogP contribution in [-0.2, 0) is 11.2 Å². The van der Waals surface area contributed by atoms with Gasteiger partial charge in [0.05, 0.1) is 13.0 Å². The molecule has 2 aromatic rings. The summed E-state index contributed by atoms with van der Waals surface area (Å²) in [5.74, 6) is 2.23. The van der Waals surface area contributed by atoms with Crippen LogP contribution in [0.25, 0.3) is 0 Å². The number of rotatable bonds is 6. The number of nitrogens with zero attached hydrogens (tertiary/aromatic N) is 1. The third-order valence-electron chi connectivity index (χ3n) is 4.55. The van der Waals surface area contributed by atoms with Crippen LogP contribution < -0.4 is 15.8 Å². The van der Waals surface area contributed by atoms with Crippen molar-refractivity contribution >= 4 is 35.8 Å². The Morgan fingerprint density at radius 3 is 2.60 bits per heavy atom. The van der Waals surface area contributed by atoms with Gasteiger partial charge in [0.2, 0.25) is 0 Å². The van der Waals surface area contributed by atoms with E-state index in [2.05, 4.69) is 16.2 Å². The number of carboxylic acid groups (broad SMARTS) is 1. The molecule has 0 saturated carbocycles. The van der Waals surface area contributed by atoms with Gasteiger partial charge in [0.1, 0.15) is 18.1 Å². The second-order valence-corrected chi connectivity index (χ2v) is 6.74. The van der Waals surface area contributed by atoms with E-state index in [0.717, 1.165) is 11.3 Å². The number of aliphatic carboxylic acids is 1. The summed E-state index contributed by atoms with van der Waals surface area (Å²) in [6.07, 6.45) is 5.81. The lowest BCUT2D eigenvalue weighted by molar-refractivity contribution is -0.138. The number of ether oxygens (including phenoxy) is 1. The maximum absolute atomic E-state index is 12.5. The molecule has 1 unspecified atom stereocenters. The van der Waals surface area contributed by atoms with Gasteiger partial charge in [0, 0.05) is 22.7 Å². The first-order valence-electron chi connectivity index (χ1n) is 9.09. The second-order valence-electron chi connectivity index (χ2n) is 6.74. The molecule has 1 aliphatic rings. The van der Waals surface area contributed by atoms with Crippen molar-refractivity contribution < 1.29 is 19.4 Å². The van der Waals surface area contributed by atoms with E-state index in [4.69, 9.17) is 22.0 Å². The smallest absolute Gasteiger partial charge is 0.303 e. The number of carbonyl (C=O) groups excluding carboxylic acids is 1. The highest BCUT2D eigenvalue weighted by Crippen LogP contribution is 2.31. The number of nitrogens with two attached hydrogens (primary N) is 1. The number of nitrogens with one attached hydrogen (secondary N) is 1. The number of anilines is 1. The second kappa shape index (κ2) is 10.3. The minimum atomic E-state index is -0.847. The van der Waals surface area contributed by atoms with Gasteiger partial charge >= 0.3 is 5.97 Å². The highest BCUT2D eigenvalue weighted by atomic mass is 35.5. The fourth-order valence-electron chi connectivity index (χ4n) is 3.13. The average Bonchev–Trinajstić information content (AvgIpc) is 2.71. The molecule has 156 valence electrons. The minimum Gasteiger partial charge on any atom is -0.493 e. The zero-order chi connectivity index (χ0) is 20.8. The Morgan fingerprint density at radius 1 is 1.23 bits per heavy atom. The highest BCUT2D eigenvalue weighted by molar-refractivity contribution is 6.05. The molecule has 1 atom stereocenters. The van der Waals surface area contributed by atoms with Crippen LogP contribution in [0.2, 0.25) is 0 Å². The van der Waals surface area contributed by atoms with Crippen LogP contribution in [-0.4, -0.2) is 36.0 Å². The first-order chi connectivity index (χ1) is 14.0. The van der Waals surface area contributed by atoms with Crippen molar-refractivity contribution in [1.29, 1.82) is 0 Å². The van der Waals surface area contributed by atoms with E-state index in [1.54, 1.807) is 36.4 Å². The summed E-state index contributed by atoms with van der Waals surface area (Å²) in [5, 5.41) is 11.8. The quantitative estimate of drug-likeness (QED) is 0.372. The molecule has 8 heteroatoms. The molecule has 0 saturated heterocycles. The Morgan fingerprint density at radius 2 is 1.93 bits per heavy atom. The van der Waals surface area contributed by atoms with Gasteiger partial charge in [0.25, 0.3) is 5.91 Å². The number of benzene rings is 2. The monoisotopic (exact) mass is 427 g/mol. The molecule has 3 rings (SSSR count). The van der Waals surface area contributed by atoms with E-state index in [1.165, 1.54) is 0 Å². The van der Waals surface area contributed by atoms with Crippen molar-refractivity contribution in [3.63, 3.8) is 0 Å². The molecule has 4 N–H and O–H groups in total. The van der Waals surface area contributed by atoms with E-state index in [1.807, 2.05) is 6.07 Å².